The van der Waals surface area contributed by atoms with Crippen molar-refractivity contribution in [3.63, 3.8) is 0 Å². The number of nitrogens with zero attached hydrogens (tertiary/aromatic N) is 1. The Bertz CT molecular complexity index is 1080. The van der Waals surface area contributed by atoms with E-state index in [4.69, 9.17) is 17.3 Å². The van der Waals surface area contributed by atoms with Crippen LogP contribution < -0.4 is 16.4 Å². The van der Waals surface area contributed by atoms with Crippen LogP contribution in [0.2, 0.25) is 5.02 Å². The Kier molecular flexibility index (Phi) is 5.17. The number of benzene rings is 2. The van der Waals surface area contributed by atoms with Gasteiger partial charge in [-0.15, -0.1) is 0 Å². The molecule has 2 aromatic carbocycles. The Morgan fingerprint density at radius 1 is 0.931 bits per heavy atom. The van der Waals surface area contributed by atoms with Crippen LogP contribution in [0.1, 0.15) is 0 Å². The van der Waals surface area contributed by atoms with Crippen LogP contribution in [0.4, 0.5) is 17.3 Å². The number of hydrogen-bond acceptors (Lipinski definition) is 8. The monoisotopic (exact) mass is 421 g/mol. The van der Waals surface area contributed by atoms with E-state index in [0.29, 0.717) is 16.1 Å². The molecule has 0 saturated carbocycles. The van der Waals surface area contributed by atoms with E-state index in [1.54, 1.807) is 0 Å². The van der Waals surface area contributed by atoms with Crippen molar-refractivity contribution < 1.29 is 30.0 Å². The first-order chi connectivity index (χ1) is 13.5. The maximum Gasteiger partial charge on any atom is 0.310 e. The van der Waals surface area contributed by atoms with Crippen molar-refractivity contribution in [1.29, 1.82) is 0 Å². The minimum atomic E-state index is -3.90. The molecule has 11 nitrogen and oxygen atoms in total. The molecule has 0 fully saturated rings. The molecule has 2 amide bonds. The van der Waals surface area contributed by atoms with E-state index in [1.165, 1.54) is 42.5 Å². The van der Waals surface area contributed by atoms with Gasteiger partial charge in [-0.05, 0) is 42.5 Å². The number of H-pyrrole nitrogens is 1. The summed E-state index contributed by atoms with van der Waals surface area (Å²) in [5, 5.41) is 44.4. The third kappa shape index (κ3) is 3.99. The molecule has 152 valence electrons. The van der Waals surface area contributed by atoms with Crippen LogP contribution in [-0.2, 0) is 9.59 Å². The minimum Gasteiger partial charge on any atom is -0.369 e. The molecule has 0 bridgehead atoms. The van der Waals surface area contributed by atoms with Gasteiger partial charge >= 0.3 is 11.6 Å². The van der Waals surface area contributed by atoms with E-state index in [2.05, 4.69) is 15.3 Å². The van der Waals surface area contributed by atoms with Gasteiger partial charge in [-0.3, -0.25) is 9.59 Å². The van der Waals surface area contributed by atoms with Gasteiger partial charge in [-0.2, -0.15) is 0 Å². The summed E-state index contributed by atoms with van der Waals surface area (Å²) in [7, 11) is 0. The third-order valence-corrected chi connectivity index (χ3v) is 4.23. The largest absolute Gasteiger partial charge is 0.369 e. The topological polar surface area (TPSA) is 194 Å². The van der Waals surface area contributed by atoms with Gasteiger partial charge in [-0.25, -0.2) is 4.98 Å². The van der Waals surface area contributed by atoms with Crippen LogP contribution in [0.15, 0.2) is 42.5 Å². The van der Waals surface area contributed by atoms with Crippen LogP contribution >= 0.6 is 11.6 Å². The van der Waals surface area contributed by atoms with Crippen molar-refractivity contribution in [3.8, 4) is 0 Å². The zero-order valence-corrected chi connectivity index (χ0v) is 15.3. The Hall–Kier alpha value is -3.22. The van der Waals surface area contributed by atoms with E-state index < -0.39 is 23.4 Å². The highest BCUT2D eigenvalue weighted by atomic mass is 35.5. The Morgan fingerprint density at radius 3 is 2.03 bits per heavy atom. The van der Waals surface area contributed by atoms with E-state index in [0.717, 1.165) is 0 Å². The maximum absolute atomic E-state index is 12.2. The highest BCUT2D eigenvalue weighted by Gasteiger charge is 2.59. The van der Waals surface area contributed by atoms with E-state index in [-0.39, 0.29) is 17.3 Å². The molecule has 0 unspecified atom stereocenters. The first-order valence-electron chi connectivity index (χ1n) is 8.04. The van der Waals surface area contributed by atoms with Gasteiger partial charge in [0.2, 0.25) is 0 Å². The predicted octanol–water partition coefficient (Wildman–Crippen LogP) is -0.263. The number of halogens is 1. The zero-order valence-electron chi connectivity index (χ0n) is 14.5. The molecule has 29 heavy (non-hydrogen) atoms. The summed E-state index contributed by atoms with van der Waals surface area (Å²) < 4.78 is 0. The van der Waals surface area contributed by atoms with Crippen LogP contribution in [0.3, 0.4) is 0 Å². The number of carbonyl (C=O) groups excluding carboxylic acids is 2. The summed E-state index contributed by atoms with van der Waals surface area (Å²) >= 11 is 5.71. The standard InChI is InChI=1S/C17H16ClN5O6/c18-8-1-3-9(4-2-8)20-13(24)16(26,27)17(28,29)14(25)21-10-5-6-11-12(7-10)23-15(19)22-11/h1-7,26-29H,(H,20,24)(H,21,25)(H3,19,22,23). The molecule has 12 heteroatoms. The number of aromatic nitrogens is 2. The number of aromatic amines is 1. The van der Waals surface area contributed by atoms with Crippen molar-refractivity contribution >= 4 is 51.8 Å². The fourth-order valence-corrected chi connectivity index (χ4v) is 2.52. The van der Waals surface area contributed by atoms with Gasteiger partial charge in [0, 0.05) is 16.4 Å². The molecule has 3 rings (SSSR count). The molecule has 1 aromatic heterocycles. The predicted molar refractivity (Wildman–Crippen MR) is 104 cm³/mol. The van der Waals surface area contributed by atoms with Crippen molar-refractivity contribution in [2.45, 2.75) is 11.6 Å². The van der Waals surface area contributed by atoms with Crippen LogP contribution in [0.5, 0.6) is 0 Å². The number of fused-ring (bicyclic) bond motifs is 1. The molecular formula is C17H16ClN5O6. The number of imidazole rings is 1. The molecule has 0 saturated heterocycles. The van der Waals surface area contributed by atoms with Gasteiger partial charge in [-0.1, -0.05) is 11.6 Å². The summed E-state index contributed by atoms with van der Waals surface area (Å²) in [6.07, 6.45) is 0. The number of carbonyl (C=O) groups is 2. The first kappa shape index (κ1) is 20.5. The molecule has 0 aliphatic rings. The average molecular weight is 422 g/mol. The molecule has 0 spiro atoms. The SMILES string of the molecule is Nc1nc2ccc(NC(=O)C(O)(O)C(O)(O)C(=O)Nc3ccc(Cl)cc3)cc2[nH]1. The second kappa shape index (κ2) is 7.31. The fraction of sp³-hybridized carbons (Fsp3) is 0.118. The van der Waals surface area contributed by atoms with Gasteiger partial charge < -0.3 is 41.8 Å². The number of nitrogens with two attached hydrogens (primary N) is 1. The molecule has 3 aromatic rings. The second-order valence-electron chi connectivity index (χ2n) is 6.11. The quantitative estimate of drug-likeness (QED) is 0.258. The number of aliphatic hydroxyl groups is 4. The summed E-state index contributed by atoms with van der Waals surface area (Å²) in [6, 6.07) is 9.69. The lowest BCUT2D eigenvalue weighted by Gasteiger charge is -2.32. The van der Waals surface area contributed by atoms with Crippen LogP contribution in [-0.4, -0.2) is 53.8 Å². The van der Waals surface area contributed by atoms with E-state index >= 15 is 0 Å². The summed E-state index contributed by atoms with van der Waals surface area (Å²) in [6.45, 7) is 0. The third-order valence-electron chi connectivity index (χ3n) is 3.98. The first-order valence-corrected chi connectivity index (χ1v) is 8.41. The maximum atomic E-state index is 12.2. The molecule has 9 N–H and O–H groups in total. The zero-order chi connectivity index (χ0) is 21.4. The molecule has 0 atom stereocenters. The summed E-state index contributed by atoms with van der Waals surface area (Å²) in [4.78, 5) is 31.0. The van der Waals surface area contributed by atoms with E-state index in [1.807, 2.05) is 5.32 Å². The smallest absolute Gasteiger partial charge is 0.310 e. The number of nitrogens with one attached hydrogen (secondary N) is 3. The van der Waals surface area contributed by atoms with Gasteiger partial charge in [0.1, 0.15) is 0 Å². The highest BCUT2D eigenvalue weighted by Crippen LogP contribution is 2.24. The second-order valence-corrected chi connectivity index (χ2v) is 6.55. The number of anilines is 3. The Labute approximate surface area is 167 Å². The van der Waals surface area contributed by atoms with Gasteiger partial charge in [0.15, 0.2) is 5.95 Å². The van der Waals surface area contributed by atoms with Crippen molar-refractivity contribution in [1.82, 2.24) is 9.97 Å². The van der Waals surface area contributed by atoms with Crippen LogP contribution in [0, 0.1) is 0 Å². The number of nitrogen functional groups attached to an aromatic ring is 1. The normalized spacial score (nSPS) is 12.0. The summed E-state index contributed by atoms with van der Waals surface area (Å²) in [5.74, 6) is -11.0. The number of amides is 2. The lowest BCUT2D eigenvalue weighted by atomic mass is 10.0. The van der Waals surface area contributed by atoms with Crippen LogP contribution in [0.25, 0.3) is 11.0 Å². The average Bonchev–Trinajstić information content (AvgIpc) is 3.02. The van der Waals surface area contributed by atoms with E-state index in [9.17, 15) is 30.0 Å². The molecule has 0 radical (unpaired) electrons. The van der Waals surface area contributed by atoms with Crippen molar-refractivity contribution in [3.05, 3.63) is 47.5 Å². The lowest BCUT2D eigenvalue weighted by molar-refractivity contribution is -0.315. The highest BCUT2D eigenvalue weighted by molar-refractivity contribution is 6.30. The molecular weight excluding hydrogens is 406 g/mol. The number of hydrogen-bond donors (Lipinski definition) is 8. The Morgan fingerprint density at radius 2 is 1.45 bits per heavy atom. The van der Waals surface area contributed by atoms with Gasteiger partial charge in [0.25, 0.3) is 11.8 Å². The molecule has 0 aliphatic carbocycles. The van der Waals surface area contributed by atoms with Gasteiger partial charge in [0.05, 0.1) is 11.0 Å². The molecule has 0 aliphatic heterocycles. The summed E-state index contributed by atoms with van der Waals surface area (Å²) in [5.41, 5.74) is 6.56. The lowest BCUT2D eigenvalue weighted by Crippen LogP contribution is -2.66. The van der Waals surface area contributed by atoms with Crippen molar-refractivity contribution in [2.75, 3.05) is 16.4 Å². The fourth-order valence-electron chi connectivity index (χ4n) is 2.39. The number of rotatable bonds is 5. The Balaban J connectivity index is 1.77. The minimum absolute atomic E-state index is 0.0486. The molecule has 1 heterocycles. The van der Waals surface area contributed by atoms with Crippen molar-refractivity contribution in [2.24, 2.45) is 0 Å².